The van der Waals surface area contributed by atoms with Gasteiger partial charge in [-0.1, -0.05) is 25.1 Å². The quantitative estimate of drug-likeness (QED) is 0.849. The van der Waals surface area contributed by atoms with Gasteiger partial charge < -0.3 is 4.90 Å². The molecule has 0 aliphatic carbocycles. The van der Waals surface area contributed by atoms with E-state index >= 15 is 0 Å². The van der Waals surface area contributed by atoms with Crippen molar-refractivity contribution in [3.8, 4) is 5.69 Å². The molecule has 0 bridgehead atoms. The minimum absolute atomic E-state index is 0.0892. The fourth-order valence-corrected chi connectivity index (χ4v) is 2.79. The van der Waals surface area contributed by atoms with Crippen molar-refractivity contribution in [1.82, 2.24) is 14.7 Å². The number of amides is 1. The second-order valence-corrected chi connectivity index (χ2v) is 5.89. The zero-order valence-corrected chi connectivity index (χ0v) is 12.6. The number of piperidine rings is 1. The molecule has 1 amide bonds. The summed E-state index contributed by atoms with van der Waals surface area (Å²) in [6.45, 7) is 5.87. The zero-order valence-electron chi connectivity index (χ0n) is 12.6. The molecule has 4 heteroatoms. The molecule has 1 aliphatic rings. The second-order valence-electron chi connectivity index (χ2n) is 5.89. The van der Waals surface area contributed by atoms with Crippen LogP contribution in [0.2, 0.25) is 0 Å². The van der Waals surface area contributed by atoms with Crippen LogP contribution in [0.1, 0.15) is 35.9 Å². The largest absolute Gasteiger partial charge is 0.337 e. The van der Waals surface area contributed by atoms with E-state index < -0.39 is 0 Å². The van der Waals surface area contributed by atoms with E-state index in [1.54, 1.807) is 4.68 Å². The lowest BCUT2D eigenvalue weighted by Crippen LogP contribution is -2.38. The maximum Gasteiger partial charge on any atom is 0.272 e. The first-order valence-corrected chi connectivity index (χ1v) is 7.56. The maximum atomic E-state index is 12.8. The highest BCUT2D eigenvalue weighted by Gasteiger charge is 2.24. The van der Waals surface area contributed by atoms with Crippen LogP contribution >= 0.6 is 0 Å². The summed E-state index contributed by atoms with van der Waals surface area (Å²) in [5.41, 5.74) is 2.46. The van der Waals surface area contributed by atoms with Crippen LogP contribution in [0.25, 0.3) is 5.69 Å². The van der Waals surface area contributed by atoms with E-state index in [0.29, 0.717) is 5.69 Å². The standard InChI is InChI=1S/C17H21N3O/c1-13-8-10-19(11-9-13)17(21)16-12-14(2)18-20(16)15-6-4-3-5-7-15/h3-7,12-13H,8-11H2,1-2H3. The fraction of sp³-hybridized carbons (Fsp3) is 0.412. The molecule has 1 aliphatic heterocycles. The van der Waals surface area contributed by atoms with E-state index in [4.69, 9.17) is 0 Å². The highest BCUT2D eigenvalue weighted by Crippen LogP contribution is 2.20. The molecule has 4 nitrogen and oxygen atoms in total. The molecule has 21 heavy (non-hydrogen) atoms. The van der Waals surface area contributed by atoms with Crippen LogP contribution in [0.4, 0.5) is 0 Å². The number of carbonyl (C=O) groups is 1. The maximum absolute atomic E-state index is 12.8. The summed E-state index contributed by atoms with van der Waals surface area (Å²) in [6, 6.07) is 11.7. The van der Waals surface area contributed by atoms with Gasteiger partial charge in [-0.25, -0.2) is 4.68 Å². The van der Waals surface area contributed by atoms with Crippen molar-refractivity contribution in [3.05, 3.63) is 47.8 Å². The zero-order chi connectivity index (χ0) is 14.8. The van der Waals surface area contributed by atoms with Crippen molar-refractivity contribution < 1.29 is 4.79 Å². The van der Waals surface area contributed by atoms with Gasteiger partial charge >= 0.3 is 0 Å². The first-order chi connectivity index (χ1) is 10.1. The minimum Gasteiger partial charge on any atom is -0.337 e. The summed E-state index contributed by atoms with van der Waals surface area (Å²) in [4.78, 5) is 14.7. The van der Waals surface area contributed by atoms with Gasteiger partial charge in [0.15, 0.2) is 0 Å². The Morgan fingerprint density at radius 3 is 2.52 bits per heavy atom. The first-order valence-electron chi connectivity index (χ1n) is 7.56. The van der Waals surface area contributed by atoms with Crippen LogP contribution in [0.15, 0.2) is 36.4 Å². The van der Waals surface area contributed by atoms with Gasteiger partial charge in [0.1, 0.15) is 5.69 Å². The molecule has 2 aromatic rings. The SMILES string of the molecule is Cc1cc(C(=O)N2CCC(C)CC2)n(-c2ccccc2)n1. The van der Waals surface area contributed by atoms with Gasteiger partial charge in [0.05, 0.1) is 11.4 Å². The third kappa shape index (κ3) is 2.84. The summed E-state index contributed by atoms with van der Waals surface area (Å²) >= 11 is 0. The number of hydrogen-bond acceptors (Lipinski definition) is 2. The molecule has 1 saturated heterocycles. The predicted molar refractivity (Wildman–Crippen MR) is 82.6 cm³/mol. The molecule has 0 atom stereocenters. The predicted octanol–water partition coefficient (Wildman–Crippen LogP) is 3.05. The Labute approximate surface area is 125 Å². The van der Waals surface area contributed by atoms with Gasteiger partial charge in [-0.2, -0.15) is 5.10 Å². The Kier molecular flexibility index (Phi) is 3.78. The number of nitrogens with zero attached hydrogens (tertiary/aromatic N) is 3. The minimum atomic E-state index is 0.0892. The number of para-hydroxylation sites is 1. The van der Waals surface area contributed by atoms with Gasteiger partial charge in [0, 0.05) is 13.1 Å². The van der Waals surface area contributed by atoms with E-state index in [-0.39, 0.29) is 5.91 Å². The van der Waals surface area contributed by atoms with E-state index in [9.17, 15) is 4.79 Å². The average molecular weight is 283 g/mol. The van der Waals surface area contributed by atoms with E-state index in [2.05, 4.69) is 12.0 Å². The molecule has 2 heterocycles. The van der Waals surface area contributed by atoms with Crippen molar-refractivity contribution in [2.45, 2.75) is 26.7 Å². The molecule has 0 radical (unpaired) electrons. The van der Waals surface area contributed by atoms with Gasteiger partial charge in [0.2, 0.25) is 0 Å². The number of aromatic nitrogens is 2. The van der Waals surface area contributed by atoms with Crippen molar-refractivity contribution in [2.24, 2.45) is 5.92 Å². The monoisotopic (exact) mass is 283 g/mol. The fourth-order valence-electron chi connectivity index (χ4n) is 2.79. The normalized spacial score (nSPS) is 16.2. The molecule has 0 N–H and O–H groups in total. The number of rotatable bonds is 2. The van der Waals surface area contributed by atoms with Crippen LogP contribution in [-0.4, -0.2) is 33.7 Å². The van der Waals surface area contributed by atoms with Crippen molar-refractivity contribution >= 4 is 5.91 Å². The van der Waals surface area contributed by atoms with Crippen molar-refractivity contribution in [3.63, 3.8) is 0 Å². The van der Waals surface area contributed by atoms with Gasteiger partial charge in [-0.15, -0.1) is 0 Å². The number of likely N-dealkylation sites (tertiary alicyclic amines) is 1. The van der Waals surface area contributed by atoms with E-state index in [1.807, 2.05) is 48.2 Å². The smallest absolute Gasteiger partial charge is 0.272 e. The molecule has 3 rings (SSSR count). The van der Waals surface area contributed by atoms with Crippen molar-refractivity contribution in [2.75, 3.05) is 13.1 Å². The number of benzene rings is 1. The molecule has 0 unspecified atom stereocenters. The van der Waals surface area contributed by atoms with E-state index in [0.717, 1.165) is 43.2 Å². The lowest BCUT2D eigenvalue weighted by Gasteiger charge is -2.30. The highest BCUT2D eigenvalue weighted by molar-refractivity contribution is 5.93. The van der Waals surface area contributed by atoms with Crippen LogP contribution in [0, 0.1) is 12.8 Å². The van der Waals surface area contributed by atoms with Crippen LogP contribution < -0.4 is 0 Å². The molecule has 110 valence electrons. The third-order valence-corrected chi connectivity index (χ3v) is 4.12. The Morgan fingerprint density at radius 1 is 1.19 bits per heavy atom. The Balaban J connectivity index is 1.90. The first kappa shape index (κ1) is 13.9. The Morgan fingerprint density at radius 2 is 1.86 bits per heavy atom. The molecule has 1 fully saturated rings. The summed E-state index contributed by atoms with van der Waals surface area (Å²) in [6.07, 6.45) is 2.17. The van der Waals surface area contributed by atoms with Gasteiger partial charge in [-0.05, 0) is 43.9 Å². The summed E-state index contributed by atoms with van der Waals surface area (Å²) in [7, 11) is 0. The number of hydrogen-bond donors (Lipinski definition) is 0. The number of aryl methyl sites for hydroxylation is 1. The van der Waals surface area contributed by atoms with Crippen molar-refractivity contribution in [1.29, 1.82) is 0 Å². The van der Waals surface area contributed by atoms with E-state index in [1.165, 1.54) is 0 Å². The summed E-state index contributed by atoms with van der Waals surface area (Å²) < 4.78 is 1.76. The lowest BCUT2D eigenvalue weighted by atomic mass is 9.99. The molecule has 1 aromatic carbocycles. The summed E-state index contributed by atoms with van der Waals surface area (Å²) in [5.74, 6) is 0.807. The molecular weight excluding hydrogens is 262 g/mol. The topological polar surface area (TPSA) is 38.1 Å². The molecular formula is C17H21N3O. The van der Waals surface area contributed by atoms with Crippen LogP contribution in [0.3, 0.4) is 0 Å². The van der Waals surface area contributed by atoms with Gasteiger partial charge in [0.25, 0.3) is 5.91 Å². The summed E-state index contributed by atoms with van der Waals surface area (Å²) in [5, 5.41) is 4.48. The lowest BCUT2D eigenvalue weighted by molar-refractivity contribution is 0.0688. The second kappa shape index (κ2) is 5.72. The Hall–Kier alpha value is -2.10. The molecule has 0 spiro atoms. The van der Waals surface area contributed by atoms with Gasteiger partial charge in [-0.3, -0.25) is 4.79 Å². The highest BCUT2D eigenvalue weighted by atomic mass is 16.2. The molecule has 0 saturated carbocycles. The third-order valence-electron chi connectivity index (χ3n) is 4.12. The van der Waals surface area contributed by atoms with Crippen LogP contribution in [0.5, 0.6) is 0 Å². The average Bonchev–Trinajstić information content (AvgIpc) is 2.90. The van der Waals surface area contributed by atoms with Crippen LogP contribution in [-0.2, 0) is 0 Å². The Bertz CT molecular complexity index is 625. The number of carbonyl (C=O) groups excluding carboxylic acids is 1. The molecule has 1 aromatic heterocycles.